The zero-order chi connectivity index (χ0) is 12.6. The Hall–Kier alpha value is -1.55. The number of nitrogens with one attached hydrogen (secondary N) is 1. The normalized spacial score (nSPS) is 16.6. The van der Waals surface area contributed by atoms with E-state index in [1.54, 1.807) is 0 Å². The molecule has 5 heteroatoms. The summed E-state index contributed by atoms with van der Waals surface area (Å²) >= 11 is 5.82. The van der Waals surface area contributed by atoms with Crippen LogP contribution in [0.2, 0.25) is 5.02 Å². The van der Waals surface area contributed by atoms with Gasteiger partial charge in [-0.1, -0.05) is 23.7 Å². The molecule has 0 atom stereocenters. The van der Waals surface area contributed by atoms with Crippen LogP contribution in [0.25, 0.3) is 0 Å². The lowest BCUT2D eigenvalue weighted by Crippen LogP contribution is -2.04. The molecule has 0 saturated heterocycles. The number of anilines is 1. The molecule has 1 aliphatic rings. The number of nitrogens with zero attached hydrogens (tertiary/aromatic N) is 2. The Bertz CT molecular complexity index is 546. The predicted octanol–water partition coefficient (Wildman–Crippen LogP) is 3.39. The summed E-state index contributed by atoms with van der Waals surface area (Å²) in [6.45, 7) is 2.69. The number of halogens is 1. The standard InChI is InChI=1S/C13H14ClN3O/c1-13(6-7-13)12-16-11(18-17-12)8-15-10-4-2-9(14)3-5-10/h2-5,15H,6-8H2,1H3. The van der Waals surface area contributed by atoms with Gasteiger partial charge in [-0.3, -0.25) is 0 Å². The predicted molar refractivity (Wildman–Crippen MR) is 69.7 cm³/mol. The summed E-state index contributed by atoms with van der Waals surface area (Å²) < 4.78 is 5.23. The molecule has 1 N–H and O–H groups in total. The summed E-state index contributed by atoms with van der Waals surface area (Å²) in [7, 11) is 0. The van der Waals surface area contributed by atoms with Crippen molar-refractivity contribution in [3.63, 3.8) is 0 Å². The van der Waals surface area contributed by atoms with Crippen LogP contribution in [0.5, 0.6) is 0 Å². The number of rotatable bonds is 4. The van der Waals surface area contributed by atoms with Gasteiger partial charge in [0.15, 0.2) is 5.82 Å². The van der Waals surface area contributed by atoms with Gasteiger partial charge in [-0.2, -0.15) is 4.98 Å². The fourth-order valence-electron chi connectivity index (χ4n) is 1.73. The van der Waals surface area contributed by atoms with Crippen molar-refractivity contribution in [2.45, 2.75) is 31.7 Å². The van der Waals surface area contributed by atoms with E-state index < -0.39 is 0 Å². The minimum atomic E-state index is 0.155. The van der Waals surface area contributed by atoms with Crippen LogP contribution in [0.3, 0.4) is 0 Å². The van der Waals surface area contributed by atoms with E-state index in [1.165, 1.54) is 0 Å². The third kappa shape index (κ3) is 2.34. The smallest absolute Gasteiger partial charge is 0.245 e. The van der Waals surface area contributed by atoms with E-state index in [1.807, 2.05) is 24.3 Å². The van der Waals surface area contributed by atoms with E-state index in [4.69, 9.17) is 16.1 Å². The SMILES string of the molecule is CC1(c2noc(CNc3ccc(Cl)cc3)n2)CC1. The topological polar surface area (TPSA) is 51.0 Å². The van der Waals surface area contributed by atoms with Gasteiger partial charge in [0, 0.05) is 16.1 Å². The first-order valence-corrected chi connectivity index (χ1v) is 6.36. The molecule has 18 heavy (non-hydrogen) atoms. The van der Waals surface area contributed by atoms with Gasteiger partial charge in [0.2, 0.25) is 5.89 Å². The average Bonchev–Trinajstić information content (AvgIpc) is 2.94. The molecule has 0 radical (unpaired) electrons. The van der Waals surface area contributed by atoms with Crippen LogP contribution in [0.1, 0.15) is 31.5 Å². The van der Waals surface area contributed by atoms with E-state index in [-0.39, 0.29) is 5.41 Å². The molecule has 1 fully saturated rings. The Morgan fingerprint density at radius 1 is 1.33 bits per heavy atom. The van der Waals surface area contributed by atoms with Crippen molar-refractivity contribution in [1.29, 1.82) is 0 Å². The summed E-state index contributed by atoms with van der Waals surface area (Å²) in [6.07, 6.45) is 2.30. The Morgan fingerprint density at radius 2 is 2.06 bits per heavy atom. The van der Waals surface area contributed by atoms with Crippen molar-refractivity contribution in [3.05, 3.63) is 41.0 Å². The van der Waals surface area contributed by atoms with E-state index in [2.05, 4.69) is 22.4 Å². The van der Waals surface area contributed by atoms with Crippen molar-refractivity contribution in [2.75, 3.05) is 5.32 Å². The van der Waals surface area contributed by atoms with Crippen LogP contribution >= 0.6 is 11.6 Å². The second kappa shape index (κ2) is 4.28. The summed E-state index contributed by atoms with van der Waals surface area (Å²) in [4.78, 5) is 4.41. The monoisotopic (exact) mass is 263 g/mol. The Kier molecular flexibility index (Phi) is 2.74. The molecule has 0 amide bonds. The molecule has 3 rings (SSSR count). The van der Waals surface area contributed by atoms with Gasteiger partial charge in [0.1, 0.15) is 0 Å². The highest BCUT2D eigenvalue weighted by Crippen LogP contribution is 2.45. The quantitative estimate of drug-likeness (QED) is 0.919. The lowest BCUT2D eigenvalue weighted by atomic mass is 10.1. The van der Waals surface area contributed by atoms with Crippen LogP contribution in [0.4, 0.5) is 5.69 Å². The lowest BCUT2D eigenvalue weighted by Gasteiger charge is -2.02. The van der Waals surface area contributed by atoms with Crippen LogP contribution in [0.15, 0.2) is 28.8 Å². The van der Waals surface area contributed by atoms with Gasteiger partial charge in [0.05, 0.1) is 6.54 Å². The molecule has 1 aliphatic carbocycles. The maximum atomic E-state index is 5.82. The number of hydrogen-bond acceptors (Lipinski definition) is 4. The zero-order valence-electron chi connectivity index (χ0n) is 10.1. The maximum Gasteiger partial charge on any atom is 0.245 e. The van der Waals surface area contributed by atoms with E-state index >= 15 is 0 Å². The first-order valence-electron chi connectivity index (χ1n) is 5.98. The molecule has 1 aromatic carbocycles. The highest BCUT2D eigenvalue weighted by atomic mass is 35.5. The molecule has 1 aromatic heterocycles. The average molecular weight is 264 g/mol. The van der Waals surface area contributed by atoms with Crippen LogP contribution < -0.4 is 5.32 Å². The summed E-state index contributed by atoms with van der Waals surface area (Å²) in [6, 6.07) is 7.52. The number of aromatic nitrogens is 2. The second-order valence-electron chi connectivity index (χ2n) is 4.93. The van der Waals surface area contributed by atoms with Crippen molar-refractivity contribution in [2.24, 2.45) is 0 Å². The lowest BCUT2D eigenvalue weighted by molar-refractivity contribution is 0.374. The van der Waals surface area contributed by atoms with Crippen molar-refractivity contribution < 1.29 is 4.52 Å². The molecule has 94 valence electrons. The van der Waals surface area contributed by atoms with E-state index in [9.17, 15) is 0 Å². The van der Waals surface area contributed by atoms with Crippen LogP contribution in [0, 0.1) is 0 Å². The minimum Gasteiger partial charge on any atom is -0.376 e. The molecule has 0 spiro atoms. The first-order chi connectivity index (χ1) is 8.66. The van der Waals surface area contributed by atoms with E-state index in [0.717, 1.165) is 29.4 Å². The largest absolute Gasteiger partial charge is 0.376 e. The molecular formula is C13H14ClN3O. The third-order valence-corrected chi connectivity index (χ3v) is 3.55. The Balaban J connectivity index is 1.63. The van der Waals surface area contributed by atoms with Gasteiger partial charge in [-0.05, 0) is 37.1 Å². The number of benzene rings is 1. The minimum absolute atomic E-state index is 0.155. The molecule has 0 aliphatic heterocycles. The first kappa shape index (κ1) is 11.5. The zero-order valence-corrected chi connectivity index (χ0v) is 10.9. The fraction of sp³-hybridized carbons (Fsp3) is 0.385. The van der Waals surface area contributed by atoms with E-state index in [0.29, 0.717) is 12.4 Å². The molecule has 4 nitrogen and oxygen atoms in total. The Morgan fingerprint density at radius 3 is 2.72 bits per heavy atom. The number of hydrogen-bond donors (Lipinski definition) is 1. The summed E-state index contributed by atoms with van der Waals surface area (Å²) in [5, 5.41) is 7.97. The highest BCUT2D eigenvalue weighted by molar-refractivity contribution is 6.30. The molecule has 1 saturated carbocycles. The third-order valence-electron chi connectivity index (χ3n) is 3.30. The summed E-state index contributed by atoms with van der Waals surface area (Å²) in [5.74, 6) is 1.45. The van der Waals surface area contributed by atoms with Gasteiger partial charge in [-0.25, -0.2) is 0 Å². The van der Waals surface area contributed by atoms with Crippen LogP contribution in [-0.4, -0.2) is 10.1 Å². The molecule has 0 unspecified atom stereocenters. The van der Waals surface area contributed by atoms with Crippen molar-refractivity contribution in [3.8, 4) is 0 Å². The highest BCUT2D eigenvalue weighted by Gasteiger charge is 2.43. The molecule has 1 heterocycles. The Labute approximate surface area is 110 Å². The molecule has 2 aromatic rings. The van der Waals surface area contributed by atoms with Crippen LogP contribution in [-0.2, 0) is 12.0 Å². The van der Waals surface area contributed by atoms with Gasteiger partial charge >= 0.3 is 0 Å². The molecule has 0 bridgehead atoms. The maximum absolute atomic E-state index is 5.82. The van der Waals surface area contributed by atoms with Gasteiger partial charge in [0.25, 0.3) is 0 Å². The fourth-order valence-corrected chi connectivity index (χ4v) is 1.85. The van der Waals surface area contributed by atoms with Crippen molar-refractivity contribution >= 4 is 17.3 Å². The summed E-state index contributed by atoms with van der Waals surface area (Å²) in [5.41, 5.74) is 1.14. The molecular weight excluding hydrogens is 250 g/mol. The van der Waals surface area contributed by atoms with Gasteiger partial charge < -0.3 is 9.84 Å². The second-order valence-corrected chi connectivity index (χ2v) is 5.37. The van der Waals surface area contributed by atoms with Crippen molar-refractivity contribution in [1.82, 2.24) is 10.1 Å². The van der Waals surface area contributed by atoms with Gasteiger partial charge in [-0.15, -0.1) is 0 Å².